The van der Waals surface area contributed by atoms with Crippen molar-refractivity contribution < 1.29 is 9.47 Å². The second kappa shape index (κ2) is 3.80. The van der Waals surface area contributed by atoms with Gasteiger partial charge in [-0.15, -0.1) is 0 Å². The lowest BCUT2D eigenvalue weighted by molar-refractivity contribution is -0.115. The molecule has 0 spiro atoms. The van der Waals surface area contributed by atoms with E-state index in [2.05, 4.69) is 0 Å². The summed E-state index contributed by atoms with van der Waals surface area (Å²) in [5, 5.41) is 0. The highest BCUT2D eigenvalue weighted by atomic mass is 35.5. The number of hydrogen-bond donors (Lipinski definition) is 0. The van der Waals surface area contributed by atoms with Crippen LogP contribution in [0.25, 0.3) is 0 Å². The number of ether oxygens (including phenoxy) is 2. The van der Waals surface area contributed by atoms with E-state index >= 15 is 0 Å². The molecule has 3 atom stereocenters. The second-order valence-electron chi connectivity index (χ2n) is 4.28. The van der Waals surface area contributed by atoms with E-state index in [-0.39, 0.29) is 18.3 Å². The molecule has 1 heterocycles. The molecule has 2 fully saturated rings. The largest absolute Gasteiger partial charge is 0.465 e. The van der Waals surface area contributed by atoms with E-state index in [0.29, 0.717) is 0 Å². The molecule has 0 amide bonds. The number of halogens is 2. The van der Waals surface area contributed by atoms with Crippen LogP contribution in [0.3, 0.4) is 0 Å². The summed E-state index contributed by atoms with van der Waals surface area (Å²) in [6.45, 7) is 0. The summed E-state index contributed by atoms with van der Waals surface area (Å²) in [4.78, 5) is 0. The molecule has 1 aromatic carbocycles. The molecular formula is C12H12Cl2O2. The van der Waals surface area contributed by atoms with E-state index in [1.807, 2.05) is 30.3 Å². The Labute approximate surface area is 104 Å². The van der Waals surface area contributed by atoms with Gasteiger partial charge in [0.1, 0.15) is 16.2 Å². The Morgan fingerprint density at radius 3 is 2.62 bits per heavy atom. The zero-order valence-electron chi connectivity index (χ0n) is 8.61. The summed E-state index contributed by atoms with van der Waals surface area (Å²) >= 11 is 12.1. The van der Waals surface area contributed by atoms with Gasteiger partial charge in [-0.05, 0) is 18.6 Å². The normalized spacial score (nSPS) is 35.2. The van der Waals surface area contributed by atoms with Crippen molar-refractivity contribution in [3.63, 3.8) is 0 Å². The highest BCUT2D eigenvalue weighted by Gasteiger charge is 2.66. The molecule has 0 aromatic heterocycles. The van der Waals surface area contributed by atoms with E-state index in [9.17, 15) is 0 Å². The zero-order valence-corrected chi connectivity index (χ0v) is 10.1. The first-order chi connectivity index (χ1) is 7.68. The Bertz CT molecular complexity index is 380. The van der Waals surface area contributed by atoms with Crippen LogP contribution in [-0.2, 0) is 4.74 Å². The summed E-state index contributed by atoms with van der Waals surface area (Å²) in [6, 6.07) is 9.65. The average molecular weight is 259 g/mol. The van der Waals surface area contributed by atoms with Crippen molar-refractivity contribution in [3.8, 4) is 5.75 Å². The standard InChI is InChI=1S/C12H12Cl2O2/c13-12(14)9-6-7-10(16-11(9)12)15-8-4-2-1-3-5-8/h1-5,9-11H,6-7H2. The first-order valence-corrected chi connectivity index (χ1v) is 6.18. The minimum atomic E-state index is -0.686. The third-order valence-corrected chi connectivity index (χ3v) is 4.14. The molecule has 1 saturated carbocycles. The highest BCUT2D eigenvalue weighted by molar-refractivity contribution is 6.51. The molecule has 86 valence electrons. The van der Waals surface area contributed by atoms with E-state index < -0.39 is 4.33 Å². The molecule has 0 N–H and O–H groups in total. The molecule has 4 heteroatoms. The summed E-state index contributed by atoms with van der Waals surface area (Å²) in [7, 11) is 0. The fourth-order valence-electron chi connectivity index (χ4n) is 2.17. The molecule has 2 aliphatic rings. The third kappa shape index (κ3) is 1.79. The summed E-state index contributed by atoms with van der Waals surface area (Å²) in [6.07, 6.45) is 1.54. The lowest BCUT2D eigenvalue weighted by Gasteiger charge is -2.22. The van der Waals surface area contributed by atoms with Gasteiger partial charge >= 0.3 is 0 Å². The lowest BCUT2D eigenvalue weighted by Crippen LogP contribution is -2.26. The van der Waals surface area contributed by atoms with Crippen LogP contribution in [0.2, 0.25) is 0 Å². The molecular weight excluding hydrogens is 247 g/mol. The van der Waals surface area contributed by atoms with Crippen LogP contribution < -0.4 is 4.74 Å². The molecule has 1 aliphatic heterocycles. The lowest BCUT2D eigenvalue weighted by atomic mass is 10.2. The Morgan fingerprint density at radius 1 is 1.19 bits per heavy atom. The quantitative estimate of drug-likeness (QED) is 0.758. The minimum absolute atomic E-state index is 0.0571. The topological polar surface area (TPSA) is 18.5 Å². The Balaban J connectivity index is 1.62. The van der Waals surface area contributed by atoms with Gasteiger partial charge < -0.3 is 9.47 Å². The van der Waals surface area contributed by atoms with E-state index in [1.54, 1.807) is 0 Å². The smallest absolute Gasteiger partial charge is 0.200 e. The van der Waals surface area contributed by atoms with Gasteiger partial charge in [0.25, 0.3) is 0 Å². The van der Waals surface area contributed by atoms with Crippen LogP contribution in [0, 0.1) is 5.92 Å². The molecule has 0 radical (unpaired) electrons. The van der Waals surface area contributed by atoms with Gasteiger partial charge in [0, 0.05) is 12.3 Å². The van der Waals surface area contributed by atoms with Crippen molar-refractivity contribution in [2.45, 2.75) is 29.6 Å². The van der Waals surface area contributed by atoms with E-state index in [4.69, 9.17) is 32.7 Å². The number of hydrogen-bond acceptors (Lipinski definition) is 2. The maximum absolute atomic E-state index is 6.07. The molecule has 3 rings (SSSR count). The molecule has 1 saturated heterocycles. The monoisotopic (exact) mass is 258 g/mol. The van der Waals surface area contributed by atoms with Gasteiger partial charge in [0.2, 0.25) is 0 Å². The van der Waals surface area contributed by atoms with Gasteiger partial charge in [-0.3, -0.25) is 0 Å². The van der Waals surface area contributed by atoms with Crippen LogP contribution in [0.15, 0.2) is 30.3 Å². The third-order valence-electron chi connectivity index (χ3n) is 3.15. The van der Waals surface area contributed by atoms with Crippen molar-refractivity contribution in [1.29, 1.82) is 0 Å². The first kappa shape index (κ1) is 10.7. The highest BCUT2D eigenvalue weighted by Crippen LogP contribution is 2.60. The van der Waals surface area contributed by atoms with Gasteiger partial charge in [0.15, 0.2) is 6.29 Å². The SMILES string of the molecule is ClC1(Cl)C2CCC(Oc3ccccc3)OC21. The summed E-state index contributed by atoms with van der Waals surface area (Å²) in [5.41, 5.74) is 0. The van der Waals surface area contributed by atoms with Crippen LogP contribution >= 0.6 is 23.2 Å². The molecule has 2 nitrogen and oxygen atoms in total. The number of fused-ring (bicyclic) bond motifs is 1. The van der Waals surface area contributed by atoms with E-state index in [0.717, 1.165) is 18.6 Å². The maximum Gasteiger partial charge on any atom is 0.200 e. The summed E-state index contributed by atoms with van der Waals surface area (Å²) < 4.78 is 10.7. The minimum Gasteiger partial charge on any atom is -0.465 e. The Morgan fingerprint density at radius 2 is 1.94 bits per heavy atom. The van der Waals surface area contributed by atoms with Gasteiger partial charge in [-0.25, -0.2) is 0 Å². The Kier molecular flexibility index (Phi) is 2.54. The molecule has 0 bridgehead atoms. The van der Waals surface area contributed by atoms with Crippen molar-refractivity contribution in [1.82, 2.24) is 0 Å². The van der Waals surface area contributed by atoms with Crippen LogP contribution in [0.4, 0.5) is 0 Å². The van der Waals surface area contributed by atoms with Crippen LogP contribution in [0.1, 0.15) is 12.8 Å². The Hall–Kier alpha value is -0.440. The number of rotatable bonds is 2. The molecule has 1 aromatic rings. The zero-order chi connectivity index (χ0) is 11.2. The molecule has 3 unspecified atom stereocenters. The number of para-hydroxylation sites is 1. The predicted octanol–water partition coefficient (Wildman–Crippen LogP) is 3.37. The van der Waals surface area contributed by atoms with E-state index in [1.165, 1.54) is 0 Å². The van der Waals surface area contributed by atoms with Crippen molar-refractivity contribution in [2.75, 3.05) is 0 Å². The van der Waals surface area contributed by atoms with Gasteiger partial charge in [-0.2, -0.15) is 0 Å². The molecule has 1 aliphatic carbocycles. The van der Waals surface area contributed by atoms with Crippen molar-refractivity contribution in [2.24, 2.45) is 5.92 Å². The number of benzene rings is 1. The van der Waals surface area contributed by atoms with Gasteiger partial charge in [-0.1, -0.05) is 41.4 Å². The fraction of sp³-hybridized carbons (Fsp3) is 0.500. The fourth-order valence-corrected chi connectivity index (χ4v) is 2.90. The average Bonchev–Trinajstić information content (AvgIpc) is 2.83. The maximum atomic E-state index is 6.07. The summed E-state index contributed by atoms with van der Waals surface area (Å²) in [5.74, 6) is 1.10. The van der Waals surface area contributed by atoms with Crippen LogP contribution in [0.5, 0.6) is 5.75 Å². The van der Waals surface area contributed by atoms with Crippen molar-refractivity contribution >= 4 is 23.2 Å². The molecule has 16 heavy (non-hydrogen) atoms. The first-order valence-electron chi connectivity index (χ1n) is 5.43. The van der Waals surface area contributed by atoms with Crippen molar-refractivity contribution in [3.05, 3.63) is 30.3 Å². The number of alkyl halides is 2. The van der Waals surface area contributed by atoms with Gasteiger partial charge in [0.05, 0.1) is 0 Å². The van der Waals surface area contributed by atoms with Crippen LogP contribution in [-0.4, -0.2) is 16.7 Å². The predicted molar refractivity (Wildman–Crippen MR) is 62.9 cm³/mol. The second-order valence-corrected chi connectivity index (χ2v) is 5.72.